The molecule has 11 heavy (non-hydrogen) atoms. The van der Waals surface area contributed by atoms with Gasteiger partial charge in [0.05, 0.1) is 6.04 Å². The first-order chi connectivity index (χ1) is 5.22. The molecule has 2 nitrogen and oxygen atoms in total. The van der Waals surface area contributed by atoms with Gasteiger partial charge >= 0.3 is 0 Å². The number of hydrogen-bond acceptors (Lipinski definition) is 3. The standard InChI is InChI=1S/C8H15NOS/c1-7(10)8(9-2)5-4-6-11-3/h4-5,8-9H,6H2,1-3H3/b5-4+/t8-/m0/s1. The van der Waals surface area contributed by atoms with Crippen LogP contribution in [-0.2, 0) is 4.79 Å². The first-order valence-electron chi connectivity index (χ1n) is 3.55. The van der Waals surface area contributed by atoms with Gasteiger partial charge in [0.15, 0.2) is 5.78 Å². The lowest BCUT2D eigenvalue weighted by Gasteiger charge is -2.05. The van der Waals surface area contributed by atoms with Gasteiger partial charge in [-0.1, -0.05) is 12.2 Å². The van der Waals surface area contributed by atoms with Crippen LogP contribution in [0.15, 0.2) is 12.2 Å². The van der Waals surface area contributed by atoms with Crippen molar-refractivity contribution in [2.24, 2.45) is 0 Å². The van der Waals surface area contributed by atoms with Gasteiger partial charge in [-0.05, 0) is 20.2 Å². The molecule has 0 amide bonds. The fraction of sp³-hybridized carbons (Fsp3) is 0.625. The number of rotatable bonds is 5. The molecule has 0 aromatic carbocycles. The molecule has 0 bridgehead atoms. The Kier molecular flexibility index (Phi) is 6.27. The average molecular weight is 173 g/mol. The predicted octanol–water partition coefficient (Wildman–Crippen LogP) is 1.08. The van der Waals surface area contributed by atoms with E-state index in [9.17, 15) is 4.79 Å². The fourth-order valence-electron chi connectivity index (χ4n) is 0.723. The summed E-state index contributed by atoms with van der Waals surface area (Å²) in [5.41, 5.74) is 0. The summed E-state index contributed by atoms with van der Waals surface area (Å²) in [5.74, 6) is 1.12. The molecule has 0 fully saturated rings. The topological polar surface area (TPSA) is 29.1 Å². The Bertz CT molecular complexity index is 145. The molecule has 0 rings (SSSR count). The lowest BCUT2D eigenvalue weighted by atomic mass is 10.2. The molecule has 0 saturated carbocycles. The third-order valence-corrected chi connectivity index (χ3v) is 1.87. The Hall–Kier alpha value is -0.280. The lowest BCUT2D eigenvalue weighted by Crippen LogP contribution is -2.29. The summed E-state index contributed by atoms with van der Waals surface area (Å²) in [6.07, 6.45) is 5.94. The third kappa shape index (κ3) is 5.04. The number of carbonyl (C=O) groups excluding carboxylic acids is 1. The van der Waals surface area contributed by atoms with Crippen molar-refractivity contribution in [2.45, 2.75) is 13.0 Å². The second-order valence-electron chi connectivity index (χ2n) is 2.26. The van der Waals surface area contributed by atoms with Crippen LogP contribution in [0.1, 0.15) is 6.92 Å². The molecular weight excluding hydrogens is 158 g/mol. The van der Waals surface area contributed by atoms with E-state index in [1.165, 1.54) is 0 Å². The molecule has 0 aromatic heterocycles. The zero-order valence-electron chi connectivity index (χ0n) is 7.26. The van der Waals surface area contributed by atoms with Gasteiger partial charge in [-0.3, -0.25) is 4.79 Å². The quantitative estimate of drug-likeness (QED) is 0.631. The molecule has 0 unspecified atom stereocenters. The van der Waals surface area contributed by atoms with Crippen molar-refractivity contribution in [1.82, 2.24) is 5.32 Å². The van der Waals surface area contributed by atoms with Crippen molar-refractivity contribution in [1.29, 1.82) is 0 Å². The van der Waals surface area contributed by atoms with E-state index in [1.54, 1.807) is 25.7 Å². The van der Waals surface area contributed by atoms with Crippen molar-refractivity contribution in [3.05, 3.63) is 12.2 Å². The van der Waals surface area contributed by atoms with Gasteiger partial charge in [-0.2, -0.15) is 11.8 Å². The van der Waals surface area contributed by atoms with Gasteiger partial charge < -0.3 is 5.32 Å². The maximum atomic E-state index is 10.8. The Morgan fingerprint density at radius 1 is 1.73 bits per heavy atom. The highest BCUT2D eigenvalue weighted by Crippen LogP contribution is 1.94. The van der Waals surface area contributed by atoms with Gasteiger partial charge in [0.25, 0.3) is 0 Å². The molecule has 0 aliphatic carbocycles. The monoisotopic (exact) mass is 173 g/mol. The van der Waals surface area contributed by atoms with E-state index in [1.807, 2.05) is 18.4 Å². The Morgan fingerprint density at radius 3 is 2.73 bits per heavy atom. The van der Waals surface area contributed by atoms with E-state index in [4.69, 9.17) is 0 Å². The van der Waals surface area contributed by atoms with Crippen LogP contribution >= 0.6 is 11.8 Å². The molecule has 0 radical (unpaired) electrons. The van der Waals surface area contributed by atoms with Crippen LogP contribution in [0.4, 0.5) is 0 Å². The summed E-state index contributed by atoms with van der Waals surface area (Å²) in [4.78, 5) is 10.8. The zero-order chi connectivity index (χ0) is 8.69. The number of ketones is 1. The van der Waals surface area contributed by atoms with E-state index in [0.717, 1.165) is 5.75 Å². The summed E-state index contributed by atoms with van der Waals surface area (Å²) < 4.78 is 0. The van der Waals surface area contributed by atoms with Crippen LogP contribution in [0.5, 0.6) is 0 Å². The highest BCUT2D eigenvalue weighted by molar-refractivity contribution is 7.98. The molecule has 0 heterocycles. The third-order valence-electron chi connectivity index (χ3n) is 1.34. The van der Waals surface area contributed by atoms with Crippen LogP contribution in [0.25, 0.3) is 0 Å². The number of carbonyl (C=O) groups is 1. The van der Waals surface area contributed by atoms with Gasteiger partial charge in [-0.25, -0.2) is 0 Å². The van der Waals surface area contributed by atoms with Gasteiger partial charge in [0, 0.05) is 5.75 Å². The Labute approximate surface area is 72.4 Å². The van der Waals surface area contributed by atoms with Crippen LogP contribution in [0.3, 0.4) is 0 Å². The van der Waals surface area contributed by atoms with Crippen molar-refractivity contribution in [3.8, 4) is 0 Å². The van der Waals surface area contributed by atoms with E-state index in [2.05, 4.69) is 5.32 Å². The van der Waals surface area contributed by atoms with E-state index >= 15 is 0 Å². The summed E-state index contributed by atoms with van der Waals surface area (Å²) in [5, 5.41) is 2.91. The van der Waals surface area contributed by atoms with Crippen LogP contribution in [0, 0.1) is 0 Å². The normalized spacial score (nSPS) is 13.7. The average Bonchev–Trinajstić information content (AvgIpc) is 1.97. The number of hydrogen-bond donors (Lipinski definition) is 1. The SMILES string of the molecule is CN[C@@H](/C=C/CSC)C(C)=O. The largest absolute Gasteiger partial charge is 0.307 e. The number of likely N-dealkylation sites (N-methyl/N-ethyl adjacent to an activating group) is 1. The number of Topliss-reactive ketones (excluding diaryl/α,β-unsaturated/α-hetero) is 1. The highest BCUT2D eigenvalue weighted by Gasteiger charge is 2.04. The minimum Gasteiger partial charge on any atom is -0.307 e. The van der Waals surface area contributed by atoms with E-state index in [0.29, 0.717) is 0 Å². The zero-order valence-corrected chi connectivity index (χ0v) is 8.07. The molecule has 0 saturated heterocycles. The molecule has 3 heteroatoms. The van der Waals surface area contributed by atoms with Gasteiger partial charge in [0.2, 0.25) is 0 Å². The van der Waals surface area contributed by atoms with Crippen molar-refractivity contribution >= 4 is 17.5 Å². The van der Waals surface area contributed by atoms with E-state index < -0.39 is 0 Å². The van der Waals surface area contributed by atoms with Crippen LogP contribution in [0.2, 0.25) is 0 Å². The highest BCUT2D eigenvalue weighted by atomic mass is 32.2. The molecule has 64 valence electrons. The first-order valence-corrected chi connectivity index (χ1v) is 4.95. The fourth-order valence-corrected chi connectivity index (χ4v) is 1.03. The summed E-state index contributed by atoms with van der Waals surface area (Å²) >= 11 is 1.74. The molecule has 1 N–H and O–H groups in total. The van der Waals surface area contributed by atoms with Crippen LogP contribution in [-0.4, -0.2) is 30.9 Å². The summed E-state index contributed by atoms with van der Waals surface area (Å²) in [7, 11) is 1.79. The Morgan fingerprint density at radius 2 is 2.36 bits per heavy atom. The second kappa shape index (κ2) is 6.43. The summed E-state index contributed by atoms with van der Waals surface area (Å²) in [6.45, 7) is 1.59. The lowest BCUT2D eigenvalue weighted by molar-refractivity contribution is -0.117. The minimum atomic E-state index is -0.109. The smallest absolute Gasteiger partial charge is 0.150 e. The minimum absolute atomic E-state index is 0.109. The van der Waals surface area contributed by atoms with Crippen molar-refractivity contribution in [3.63, 3.8) is 0 Å². The van der Waals surface area contributed by atoms with Crippen molar-refractivity contribution in [2.75, 3.05) is 19.1 Å². The molecule has 0 aromatic rings. The number of nitrogens with one attached hydrogen (secondary N) is 1. The second-order valence-corrected chi connectivity index (χ2v) is 3.17. The van der Waals surface area contributed by atoms with E-state index in [-0.39, 0.29) is 11.8 Å². The molecule has 0 aliphatic rings. The molecule has 0 aliphatic heterocycles. The Balaban J connectivity index is 3.77. The van der Waals surface area contributed by atoms with Gasteiger partial charge in [-0.15, -0.1) is 0 Å². The van der Waals surface area contributed by atoms with Gasteiger partial charge in [0.1, 0.15) is 0 Å². The molecule has 0 spiro atoms. The van der Waals surface area contributed by atoms with Crippen molar-refractivity contribution < 1.29 is 4.79 Å². The predicted molar refractivity (Wildman–Crippen MR) is 51.1 cm³/mol. The molecule has 1 atom stereocenters. The summed E-state index contributed by atoms with van der Waals surface area (Å²) in [6, 6.07) is -0.109. The molecular formula is C8H15NOS. The van der Waals surface area contributed by atoms with Crippen LogP contribution < -0.4 is 5.32 Å². The first kappa shape index (κ1) is 10.7. The number of thioether (sulfide) groups is 1. The maximum Gasteiger partial charge on any atom is 0.150 e. The maximum absolute atomic E-state index is 10.8.